The van der Waals surface area contributed by atoms with Crippen molar-refractivity contribution in [2.45, 2.75) is 127 Å². The van der Waals surface area contributed by atoms with E-state index in [2.05, 4.69) is 124 Å². The molecule has 1 saturated heterocycles. The topological polar surface area (TPSA) is 6.48 Å². The standard InChI is InChI=1S/C45H57Cl2N2P/c1-31-27-33(3)42(34(4)28-31)48-24-25-49(43-35(5)29-32(2)30-36(43)6)44(48)41-40(46)22-23-45(41,47)50(38-18-10-11-19-38,39-20-12-13-21-39)26-14-17-37-15-8-7-9-16-37/h7-9,14-17,26-30,38-40H,10-13,18-25H2,1-6H3. The SMILES string of the molecule is Cc1cc(C)c(N2CCN(c3c(C)cc(C)cc3C)C2=C2C(Cl)CCC2(Cl)P(=CC=Cc2ccccc2)(C2CCCC2)C2CCCC2)c(C)c1. The highest BCUT2D eigenvalue weighted by atomic mass is 35.5. The fraction of sp³-hybridized carbons (Fsp3) is 0.489. The van der Waals surface area contributed by atoms with Gasteiger partial charge in [0, 0.05) is 30.0 Å². The number of halogens is 2. The zero-order valence-corrected chi connectivity index (χ0v) is 33.6. The zero-order chi connectivity index (χ0) is 35.2. The van der Waals surface area contributed by atoms with E-state index in [9.17, 15) is 0 Å². The molecule has 5 heteroatoms. The van der Waals surface area contributed by atoms with Gasteiger partial charge in [-0.1, -0.05) is 116 Å². The van der Waals surface area contributed by atoms with Crippen LogP contribution in [0.1, 0.15) is 103 Å². The lowest BCUT2D eigenvalue weighted by Crippen LogP contribution is -2.38. The first kappa shape index (κ1) is 36.0. The summed E-state index contributed by atoms with van der Waals surface area (Å²) in [6.07, 6.45) is 17.1. The quantitative estimate of drug-likeness (QED) is 0.177. The molecule has 0 aromatic heterocycles. The van der Waals surface area contributed by atoms with Gasteiger partial charge in [-0.25, -0.2) is 0 Å². The Morgan fingerprint density at radius 3 is 1.60 bits per heavy atom. The maximum atomic E-state index is 8.78. The summed E-state index contributed by atoms with van der Waals surface area (Å²) in [5, 5.41) is -0.101. The van der Waals surface area contributed by atoms with Crippen molar-refractivity contribution in [2.75, 3.05) is 22.9 Å². The number of benzene rings is 3. The van der Waals surface area contributed by atoms with E-state index in [4.69, 9.17) is 23.2 Å². The summed E-state index contributed by atoms with van der Waals surface area (Å²) in [6, 6.07) is 20.2. The van der Waals surface area contributed by atoms with Crippen molar-refractivity contribution in [1.82, 2.24) is 0 Å². The second-order valence-corrected chi connectivity index (χ2v) is 21.6. The zero-order valence-electron chi connectivity index (χ0n) is 31.2. The number of rotatable bonds is 7. The lowest BCUT2D eigenvalue weighted by molar-refractivity contribution is 0.766. The molecule has 3 aliphatic carbocycles. The van der Waals surface area contributed by atoms with Gasteiger partial charge in [-0.15, -0.1) is 23.2 Å². The Balaban J connectivity index is 1.53. The van der Waals surface area contributed by atoms with Crippen LogP contribution in [0.3, 0.4) is 0 Å². The molecule has 3 saturated carbocycles. The number of aryl methyl sites for hydroxylation is 6. The number of allylic oxidation sites excluding steroid dienone is 2. The molecule has 0 bridgehead atoms. The van der Waals surface area contributed by atoms with E-state index in [1.54, 1.807) is 0 Å². The van der Waals surface area contributed by atoms with Crippen molar-refractivity contribution in [3.63, 3.8) is 0 Å². The fourth-order valence-corrected chi connectivity index (χ4v) is 19.1. The summed E-state index contributed by atoms with van der Waals surface area (Å²) < 4.78 is -0.486. The number of hydrogen-bond donors (Lipinski definition) is 0. The van der Waals surface area contributed by atoms with E-state index in [1.807, 2.05) is 0 Å². The Morgan fingerprint density at radius 2 is 1.14 bits per heavy atom. The first-order valence-corrected chi connectivity index (χ1v) is 22.1. The van der Waals surface area contributed by atoms with E-state index in [0.29, 0.717) is 11.3 Å². The molecule has 3 aromatic rings. The largest absolute Gasteiger partial charge is 0.325 e. The van der Waals surface area contributed by atoms with E-state index < -0.39 is 11.5 Å². The fourth-order valence-electron chi connectivity index (χ4n) is 10.8. The molecule has 4 fully saturated rings. The molecule has 2 nitrogen and oxygen atoms in total. The first-order valence-electron chi connectivity index (χ1n) is 19.3. The van der Waals surface area contributed by atoms with Crippen LogP contribution in [-0.4, -0.2) is 40.2 Å². The normalized spacial score (nSPS) is 23.7. The predicted octanol–water partition coefficient (Wildman–Crippen LogP) is 12.8. The third-order valence-corrected chi connectivity index (χ3v) is 20.0. The Labute approximate surface area is 312 Å². The second-order valence-electron chi connectivity index (χ2n) is 15.9. The molecule has 1 aliphatic heterocycles. The summed E-state index contributed by atoms with van der Waals surface area (Å²) in [5.74, 6) is 4.02. The van der Waals surface area contributed by atoms with Gasteiger partial charge in [0.25, 0.3) is 0 Å². The van der Waals surface area contributed by atoms with Crippen molar-refractivity contribution in [1.29, 1.82) is 0 Å². The number of alkyl halides is 2. The van der Waals surface area contributed by atoms with Crippen molar-refractivity contribution >= 4 is 53.3 Å². The Kier molecular flexibility index (Phi) is 10.5. The highest BCUT2D eigenvalue weighted by molar-refractivity contribution is 7.79. The van der Waals surface area contributed by atoms with Gasteiger partial charge < -0.3 is 9.80 Å². The van der Waals surface area contributed by atoms with Crippen LogP contribution in [0.25, 0.3) is 6.08 Å². The van der Waals surface area contributed by atoms with Gasteiger partial charge in [0.1, 0.15) is 5.82 Å². The first-order chi connectivity index (χ1) is 24.0. The van der Waals surface area contributed by atoms with E-state index in [0.717, 1.165) is 25.9 Å². The van der Waals surface area contributed by atoms with Crippen molar-refractivity contribution in [3.05, 3.63) is 111 Å². The minimum Gasteiger partial charge on any atom is -0.325 e. The number of hydrogen-bond acceptors (Lipinski definition) is 2. The molecule has 2 atom stereocenters. The molecular weight excluding hydrogens is 670 g/mol. The molecule has 0 radical (unpaired) electrons. The van der Waals surface area contributed by atoms with Gasteiger partial charge in [0.05, 0.1) is 9.99 Å². The highest BCUT2D eigenvalue weighted by Gasteiger charge is 2.59. The van der Waals surface area contributed by atoms with Crippen LogP contribution in [0.15, 0.2) is 72.1 Å². The molecule has 0 N–H and O–H groups in total. The number of anilines is 2. The van der Waals surface area contributed by atoms with Crippen molar-refractivity contribution < 1.29 is 0 Å². The van der Waals surface area contributed by atoms with Crippen molar-refractivity contribution in [3.8, 4) is 0 Å². The summed E-state index contributed by atoms with van der Waals surface area (Å²) in [4.78, 5) is 5.29. The molecule has 266 valence electrons. The van der Waals surface area contributed by atoms with Crippen LogP contribution in [0, 0.1) is 41.5 Å². The summed E-state index contributed by atoms with van der Waals surface area (Å²) >= 11 is 16.6. The average Bonchev–Trinajstić information content (AvgIpc) is 3.89. The summed E-state index contributed by atoms with van der Waals surface area (Å²) in [5.41, 5.74) is 14.5. The molecular formula is C45H57Cl2N2P. The molecule has 0 spiro atoms. The van der Waals surface area contributed by atoms with Crippen LogP contribution in [0.2, 0.25) is 0 Å². The monoisotopic (exact) mass is 726 g/mol. The van der Waals surface area contributed by atoms with Gasteiger partial charge in [-0.05, 0) is 119 Å². The minimum absolute atomic E-state index is 0.101. The van der Waals surface area contributed by atoms with Crippen LogP contribution in [-0.2, 0) is 0 Å². The predicted molar refractivity (Wildman–Crippen MR) is 223 cm³/mol. The van der Waals surface area contributed by atoms with Gasteiger partial charge in [-0.2, -0.15) is 0 Å². The van der Waals surface area contributed by atoms with Crippen LogP contribution in [0.5, 0.6) is 0 Å². The molecule has 50 heavy (non-hydrogen) atoms. The van der Waals surface area contributed by atoms with Gasteiger partial charge in [0.15, 0.2) is 0 Å². The molecule has 2 unspecified atom stereocenters. The maximum Gasteiger partial charge on any atom is 0.116 e. The molecule has 1 heterocycles. The van der Waals surface area contributed by atoms with E-state index in [-0.39, 0.29) is 5.38 Å². The molecule has 7 rings (SSSR count). The Morgan fingerprint density at radius 1 is 0.680 bits per heavy atom. The van der Waals surface area contributed by atoms with E-state index in [1.165, 1.54) is 113 Å². The number of nitrogens with zero attached hydrogens (tertiary/aromatic N) is 2. The minimum atomic E-state index is -1.98. The Hall–Kier alpha value is -2.38. The van der Waals surface area contributed by atoms with Crippen molar-refractivity contribution in [2.24, 2.45) is 0 Å². The summed E-state index contributed by atoms with van der Waals surface area (Å²) in [6.45, 7) is 13.5. The lowest BCUT2D eigenvalue weighted by atomic mass is 10.0. The summed E-state index contributed by atoms with van der Waals surface area (Å²) in [7, 11) is 0. The van der Waals surface area contributed by atoms with Crippen LogP contribution in [0.4, 0.5) is 11.4 Å². The second kappa shape index (κ2) is 14.6. The van der Waals surface area contributed by atoms with Gasteiger partial charge in [-0.3, -0.25) is 0 Å². The Bertz CT molecular complexity index is 1710. The maximum absolute atomic E-state index is 8.78. The van der Waals surface area contributed by atoms with Crippen LogP contribution < -0.4 is 9.80 Å². The lowest BCUT2D eigenvalue weighted by Gasteiger charge is -2.50. The smallest absolute Gasteiger partial charge is 0.116 e. The molecule has 4 aliphatic rings. The third kappa shape index (κ3) is 6.24. The average molecular weight is 728 g/mol. The van der Waals surface area contributed by atoms with Gasteiger partial charge >= 0.3 is 0 Å². The highest BCUT2D eigenvalue weighted by Crippen LogP contribution is 2.79. The molecule has 3 aromatic carbocycles. The van der Waals surface area contributed by atoms with E-state index >= 15 is 0 Å². The van der Waals surface area contributed by atoms with Crippen LogP contribution >= 0.6 is 30.1 Å². The van der Waals surface area contributed by atoms with Gasteiger partial charge in [0.2, 0.25) is 0 Å². The third-order valence-electron chi connectivity index (χ3n) is 12.5. The molecule has 0 amide bonds.